The highest BCUT2D eigenvalue weighted by atomic mass is 16.6. The Kier molecular flexibility index (Phi) is 6.95. The van der Waals surface area contributed by atoms with Crippen LogP contribution >= 0.6 is 0 Å². The van der Waals surface area contributed by atoms with Crippen LogP contribution in [0.5, 0.6) is 0 Å². The molecule has 132 valence electrons. The summed E-state index contributed by atoms with van der Waals surface area (Å²) in [6.07, 6.45) is 4.95. The molecule has 0 saturated heterocycles. The topological polar surface area (TPSA) is 77.2 Å². The predicted octanol–water partition coefficient (Wildman–Crippen LogP) is 3.92. The summed E-state index contributed by atoms with van der Waals surface area (Å²) in [5, 5.41) is 10.9. The zero-order chi connectivity index (χ0) is 18.3. The largest absolute Gasteiger partial charge is 0.444 e. The number of nitrogens with one attached hydrogen (secondary N) is 1. The first-order chi connectivity index (χ1) is 11.2. The first-order valence-electron chi connectivity index (χ1n) is 7.93. The van der Waals surface area contributed by atoms with Crippen molar-refractivity contribution in [2.45, 2.75) is 52.7 Å². The molecule has 0 aromatic carbocycles. The highest BCUT2D eigenvalue weighted by Crippen LogP contribution is 2.17. The average molecular weight is 333 g/mol. The maximum atomic E-state index is 12.0. The summed E-state index contributed by atoms with van der Waals surface area (Å²) in [4.78, 5) is 12.0. The Hall–Kier alpha value is -2.37. The van der Waals surface area contributed by atoms with Crippen LogP contribution in [-0.2, 0) is 11.2 Å². The van der Waals surface area contributed by atoms with E-state index in [1.165, 1.54) is 0 Å². The molecule has 1 heterocycles. The maximum absolute atomic E-state index is 12.0. The molecular formula is C18H27N3O3. The monoisotopic (exact) mass is 333 g/mol. The molecule has 6 nitrogen and oxygen atoms in total. The molecule has 1 amide bonds. The Morgan fingerprint density at radius 1 is 1.33 bits per heavy atom. The Labute approximate surface area is 143 Å². The van der Waals surface area contributed by atoms with Gasteiger partial charge < -0.3 is 14.5 Å². The van der Waals surface area contributed by atoms with E-state index in [1.54, 1.807) is 18.2 Å². The van der Waals surface area contributed by atoms with Crippen LogP contribution in [-0.4, -0.2) is 27.9 Å². The Morgan fingerprint density at radius 3 is 2.50 bits per heavy atom. The van der Waals surface area contributed by atoms with E-state index in [4.69, 9.17) is 9.15 Å². The van der Waals surface area contributed by atoms with E-state index < -0.39 is 11.7 Å². The van der Waals surface area contributed by atoms with E-state index in [0.29, 0.717) is 23.8 Å². The second-order valence-electron chi connectivity index (χ2n) is 6.76. The minimum Gasteiger partial charge on any atom is -0.444 e. The molecule has 24 heavy (non-hydrogen) atoms. The van der Waals surface area contributed by atoms with E-state index in [2.05, 4.69) is 28.7 Å². The van der Waals surface area contributed by atoms with Gasteiger partial charge in [-0.25, -0.2) is 4.79 Å². The molecule has 0 fully saturated rings. The zero-order valence-electron chi connectivity index (χ0n) is 15.1. The summed E-state index contributed by atoms with van der Waals surface area (Å²) in [5.41, 5.74) is 0.155. The lowest BCUT2D eigenvalue weighted by atomic mass is 10.0. The first kappa shape index (κ1) is 19.7. The minimum atomic E-state index is -0.544. The number of nitrogens with zero attached hydrogens (tertiary/aromatic N) is 2. The number of aromatic nitrogens is 2. The molecule has 1 unspecified atom stereocenters. The number of ether oxygens (including phenoxy) is 1. The lowest BCUT2D eigenvalue weighted by Gasteiger charge is -2.25. The smallest absolute Gasteiger partial charge is 0.407 e. The maximum Gasteiger partial charge on any atom is 0.407 e. The van der Waals surface area contributed by atoms with Crippen LogP contribution in [0.1, 0.15) is 46.4 Å². The summed E-state index contributed by atoms with van der Waals surface area (Å²) < 4.78 is 10.9. The normalized spacial score (nSPS) is 13.5. The van der Waals surface area contributed by atoms with Crippen LogP contribution in [0.25, 0.3) is 5.57 Å². The van der Waals surface area contributed by atoms with Gasteiger partial charge in [0, 0.05) is 18.0 Å². The molecule has 0 spiro atoms. The quantitative estimate of drug-likeness (QED) is 0.765. The van der Waals surface area contributed by atoms with Crippen LogP contribution in [0.2, 0.25) is 0 Å². The zero-order valence-corrected chi connectivity index (χ0v) is 15.1. The third kappa shape index (κ3) is 6.40. The van der Waals surface area contributed by atoms with Crippen LogP contribution < -0.4 is 5.32 Å². The van der Waals surface area contributed by atoms with Gasteiger partial charge in [-0.3, -0.25) is 0 Å². The summed E-state index contributed by atoms with van der Waals surface area (Å²) in [6, 6.07) is -0.177. The third-order valence-electron chi connectivity index (χ3n) is 3.13. The van der Waals surface area contributed by atoms with Gasteiger partial charge in [-0.15, -0.1) is 10.2 Å². The fraction of sp³-hybridized carbons (Fsp3) is 0.500. The Bertz CT molecular complexity index is 609. The minimum absolute atomic E-state index is 0.176. The van der Waals surface area contributed by atoms with E-state index in [9.17, 15) is 4.79 Å². The van der Waals surface area contributed by atoms with E-state index in [-0.39, 0.29) is 12.0 Å². The molecule has 1 atom stereocenters. The molecule has 6 heteroatoms. The lowest BCUT2D eigenvalue weighted by molar-refractivity contribution is 0.0488. The Morgan fingerprint density at radius 2 is 2.00 bits per heavy atom. The van der Waals surface area contributed by atoms with E-state index >= 15 is 0 Å². The molecule has 1 aromatic rings. The van der Waals surface area contributed by atoms with Gasteiger partial charge >= 0.3 is 6.09 Å². The van der Waals surface area contributed by atoms with Gasteiger partial charge in [0.25, 0.3) is 0 Å². The number of hydrogen-bond acceptors (Lipinski definition) is 5. The first-order valence-corrected chi connectivity index (χ1v) is 7.93. The van der Waals surface area contributed by atoms with Gasteiger partial charge in [0.2, 0.25) is 11.8 Å². The molecule has 0 aliphatic rings. The number of hydrogen-bond donors (Lipinski definition) is 1. The molecule has 0 aliphatic heterocycles. The number of carbonyl (C=O) groups excluding carboxylic acids is 1. The van der Waals surface area contributed by atoms with Gasteiger partial charge in [0.1, 0.15) is 5.60 Å². The van der Waals surface area contributed by atoms with Crippen LogP contribution in [0, 0.1) is 5.92 Å². The predicted molar refractivity (Wildman–Crippen MR) is 94.4 cm³/mol. The summed E-state index contributed by atoms with van der Waals surface area (Å²) in [7, 11) is 0. The molecule has 1 aromatic heterocycles. The fourth-order valence-corrected chi connectivity index (χ4v) is 1.91. The van der Waals surface area contributed by atoms with E-state index in [0.717, 1.165) is 0 Å². The molecule has 0 bridgehead atoms. The summed E-state index contributed by atoms with van der Waals surface area (Å²) in [6.45, 7) is 16.8. The van der Waals surface area contributed by atoms with Crippen molar-refractivity contribution in [2.75, 3.05) is 0 Å². The number of carbonyl (C=O) groups is 1. The number of alkyl carbamates (subject to hydrolysis) is 1. The van der Waals surface area contributed by atoms with Crippen LogP contribution in [0.3, 0.4) is 0 Å². The highest BCUT2D eigenvalue weighted by Gasteiger charge is 2.23. The van der Waals surface area contributed by atoms with Crippen molar-refractivity contribution in [1.82, 2.24) is 15.5 Å². The van der Waals surface area contributed by atoms with Crippen molar-refractivity contribution in [2.24, 2.45) is 5.92 Å². The van der Waals surface area contributed by atoms with Gasteiger partial charge in [-0.05, 0) is 26.7 Å². The van der Waals surface area contributed by atoms with E-state index in [1.807, 2.05) is 34.6 Å². The van der Waals surface area contributed by atoms with Gasteiger partial charge in [-0.1, -0.05) is 45.2 Å². The van der Waals surface area contributed by atoms with Crippen LogP contribution in [0.4, 0.5) is 4.79 Å². The molecular weight excluding hydrogens is 306 g/mol. The van der Waals surface area contributed by atoms with Crippen molar-refractivity contribution < 1.29 is 13.9 Å². The molecule has 1 rings (SSSR count). The van der Waals surface area contributed by atoms with Crippen molar-refractivity contribution >= 4 is 11.7 Å². The number of allylic oxidation sites excluding steroid dienone is 4. The summed E-state index contributed by atoms with van der Waals surface area (Å²) in [5.74, 6) is 0.992. The standard InChI is InChI=1S/C18H27N3O3/c1-8-10-13(9-2)16-21-20-15(23-16)11-14(12(3)4)19-17(22)24-18(5,6)7/h8-10,12,14H,1-2,11H2,3-7H3,(H,19,22)/b13-10+. The van der Waals surface area contributed by atoms with Crippen LogP contribution in [0.15, 0.2) is 35.8 Å². The average Bonchev–Trinajstić information content (AvgIpc) is 2.90. The van der Waals surface area contributed by atoms with Crippen molar-refractivity contribution in [3.05, 3.63) is 43.2 Å². The number of rotatable bonds is 7. The third-order valence-corrected chi connectivity index (χ3v) is 3.13. The van der Waals surface area contributed by atoms with Gasteiger partial charge in [-0.2, -0.15) is 0 Å². The lowest BCUT2D eigenvalue weighted by Crippen LogP contribution is -2.43. The van der Waals surface area contributed by atoms with Crippen molar-refractivity contribution in [3.63, 3.8) is 0 Å². The van der Waals surface area contributed by atoms with Crippen molar-refractivity contribution in [3.8, 4) is 0 Å². The Balaban J connectivity index is 2.81. The summed E-state index contributed by atoms with van der Waals surface area (Å²) >= 11 is 0. The number of amides is 1. The fourth-order valence-electron chi connectivity index (χ4n) is 1.91. The molecule has 0 saturated carbocycles. The van der Waals surface area contributed by atoms with Gasteiger partial charge in [0.15, 0.2) is 0 Å². The van der Waals surface area contributed by atoms with Crippen molar-refractivity contribution in [1.29, 1.82) is 0 Å². The van der Waals surface area contributed by atoms with Gasteiger partial charge in [0.05, 0.1) is 0 Å². The molecule has 0 aliphatic carbocycles. The molecule has 0 radical (unpaired) electrons. The second kappa shape index (κ2) is 8.47. The molecule has 1 N–H and O–H groups in total. The highest BCUT2D eigenvalue weighted by molar-refractivity contribution is 5.69. The SMILES string of the molecule is C=C/C=C(\C=C)c1nnc(CC(NC(=O)OC(C)(C)C)C(C)C)o1. The second-order valence-corrected chi connectivity index (χ2v) is 6.76.